The zero-order valence-corrected chi connectivity index (χ0v) is 12.9. The lowest BCUT2D eigenvalue weighted by Gasteiger charge is -2.16. The Labute approximate surface area is 127 Å². The molecule has 0 bridgehead atoms. The maximum Gasteiger partial charge on any atom is 0.244 e. The van der Waals surface area contributed by atoms with Crippen molar-refractivity contribution in [3.8, 4) is 0 Å². The van der Waals surface area contributed by atoms with E-state index in [2.05, 4.69) is 4.72 Å². The molecule has 1 amide bonds. The van der Waals surface area contributed by atoms with Crippen molar-refractivity contribution in [2.75, 3.05) is 19.6 Å². The molecule has 1 fully saturated rings. The van der Waals surface area contributed by atoms with Crippen molar-refractivity contribution < 1.29 is 13.2 Å². The van der Waals surface area contributed by atoms with Crippen LogP contribution in [0, 0.1) is 0 Å². The van der Waals surface area contributed by atoms with Gasteiger partial charge in [-0.25, -0.2) is 13.1 Å². The first-order valence-corrected chi connectivity index (χ1v) is 8.37. The van der Waals surface area contributed by atoms with Crippen molar-refractivity contribution >= 4 is 39.1 Å². The van der Waals surface area contributed by atoms with Crippen LogP contribution < -0.4 is 4.72 Å². The highest BCUT2D eigenvalue weighted by Gasteiger charge is 2.24. The Morgan fingerprint density at radius 3 is 2.30 bits per heavy atom. The molecule has 0 unspecified atom stereocenters. The maximum atomic E-state index is 12.1. The van der Waals surface area contributed by atoms with Gasteiger partial charge in [0.15, 0.2) is 0 Å². The lowest BCUT2D eigenvalue weighted by molar-refractivity contribution is -0.128. The third kappa shape index (κ3) is 3.44. The van der Waals surface area contributed by atoms with Crippen LogP contribution in [0.15, 0.2) is 23.1 Å². The molecular formula is C12H14Cl2N2O3S. The summed E-state index contributed by atoms with van der Waals surface area (Å²) in [5, 5.41) is 0.0530. The van der Waals surface area contributed by atoms with Crippen LogP contribution in [-0.2, 0) is 14.8 Å². The van der Waals surface area contributed by atoms with Crippen molar-refractivity contribution in [1.82, 2.24) is 9.62 Å². The van der Waals surface area contributed by atoms with Gasteiger partial charge >= 0.3 is 0 Å². The Balaban J connectivity index is 2.09. The minimum Gasteiger partial charge on any atom is -0.342 e. The summed E-state index contributed by atoms with van der Waals surface area (Å²) in [5.41, 5.74) is 0. The van der Waals surface area contributed by atoms with E-state index in [9.17, 15) is 13.2 Å². The Bertz CT molecular complexity index is 593. The summed E-state index contributed by atoms with van der Waals surface area (Å²) in [7, 11) is -3.91. The summed E-state index contributed by atoms with van der Waals surface area (Å²) in [4.78, 5) is 13.3. The van der Waals surface area contributed by atoms with Crippen LogP contribution in [0.5, 0.6) is 0 Å². The van der Waals surface area contributed by atoms with E-state index in [-0.39, 0.29) is 27.4 Å². The molecule has 0 aliphatic carbocycles. The molecule has 2 rings (SSSR count). The van der Waals surface area contributed by atoms with Crippen molar-refractivity contribution in [3.63, 3.8) is 0 Å². The Hall–Kier alpha value is -0.820. The van der Waals surface area contributed by atoms with E-state index in [1.165, 1.54) is 12.1 Å². The van der Waals surface area contributed by atoms with Gasteiger partial charge in [-0.1, -0.05) is 29.3 Å². The molecule has 5 nitrogen and oxygen atoms in total. The summed E-state index contributed by atoms with van der Waals surface area (Å²) in [5.74, 6) is -0.241. The summed E-state index contributed by atoms with van der Waals surface area (Å²) in [6.07, 6.45) is 1.91. The van der Waals surface area contributed by atoms with Gasteiger partial charge < -0.3 is 4.90 Å². The molecule has 1 saturated heterocycles. The number of likely N-dealkylation sites (tertiary alicyclic amines) is 1. The fraction of sp³-hybridized carbons (Fsp3) is 0.417. The number of sulfonamides is 1. The molecule has 1 aliphatic heterocycles. The second kappa shape index (κ2) is 6.30. The lowest BCUT2D eigenvalue weighted by atomic mass is 10.4. The smallest absolute Gasteiger partial charge is 0.244 e. The van der Waals surface area contributed by atoms with E-state index in [4.69, 9.17) is 23.2 Å². The SMILES string of the molecule is O=C(CNS(=O)(=O)c1c(Cl)cccc1Cl)N1CCCC1. The largest absolute Gasteiger partial charge is 0.342 e. The third-order valence-electron chi connectivity index (χ3n) is 3.06. The molecule has 110 valence electrons. The first-order chi connectivity index (χ1) is 9.42. The highest BCUT2D eigenvalue weighted by atomic mass is 35.5. The monoisotopic (exact) mass is 336 g/mol. The normalized spacial score (nSPS) is 15.6. The first kappa shape index (κ1) is 15.6. The molecular weight excluding hydrogens is 323 g/mol. The summed E-state index contributed by atoms with van der Waals surface area (Å²) >= 11 is 11.7. The van der Waals surface area contributed by atoms with Crippen LogP contribution in [-0.4, -0.2) is 38.9 Å². The van der Waals surface area contributed by atoms with Gasteiger partial charge in [0.05, 0.1) is 16.6 Å². The number of halogens is 2. The van der Waals surface area contributed by atoms with Gasteiger partial charge in [-0.2, -0.15) is 0 Å². The highest BCUT2D eigenvalue weighted by Crippen LogP contribution is 2.28. The molecule has 1 N–H and O–H groups in total. The fourth-order valence-corrected chi connectivity index (χ4v) is 4.16. The van der Waals surface area contributed by atoms with E-state index in [0.717, 1.165) is 12.8 Å². The summed E-state index contributed by atoms with van der Waals surface area (Å²) < 4.78 is 26.5. The standard InChI is InChI=1S/C12H14Cl2N2O3S/c13-9-4-3-5-10(14)12(9)20(18,19)15-8-11(17)16-6-1-2-7-16/h3-5,15H,1-2,6-8H2. The topological polar surface area (TPSA) is 66.5 Å². The average molecular weight is 337 g/mol. The van der Waals surface area contributed by atoms with Crippen molar-refractivity contribution in [1.29, 1.82) is 0 Å². The fourth-order valence-electron chi connectivity index (χ4n) is 2.05. The molecule has 0 radical (unpaired) electrons. The van der Waals surface area contributed by atoms with Crippen LogP contribution in [0.3, 0.4) is 0 Å². The number of carbonyl (C=O) groups excluding carboxylic acids is 1. The Kier molecular flexibility index (Phi) is 4.90. The molecule has 1 aromatic carbocycles. The molecule has 20 heavy (non-hydrogen) atoms. The zero-order valence-electron chi connectivity index (χ0n) is 10.6. The van der Waals surface area contributed by atoms with Gasteiger partial charge in [-0.15, -0.1) is 0 Å². The number of nitrogens with one attached hydrogen (secondary N) is 1. The maximum absolute atomic E-state index is 12.1. The van der Waals surface area contributed by atoms with E-state index in [0.29, 0.717) is 13.1 Å². The second-order valence-electron chi connectivity index (χ2n) is 4.46. The number of rotatable bonds is 4. The highest BCUT2D eigenvalue weighted by molar-refractivity contribution is 7.89. The second-order valence-corrected chi connectivity index (χ2v) is 6.98. The average Bonchev–Trinajstić information content (AvgIpc) is 2.89. The number of nitrogens with zero attached hydrogens (tertiary/aromatic N) is 1. The molecule has 8 heteroatoms. The van der Waals surface area contributed by atoms with Gasteiger partial charge in [0.2, 0.25) is 15.9 Å². The minimum absolute atomic E-state index is 0.0265. The zero-order chi connectivity index (χ0) is 14.8. The molecule has 1 aromatic rings. The van der Waals surface area contributed by atoms with E-state index >= 15 is 0 Å². The Morgan fingerprint density at radius 2 is 1.75 bits per heavy atom. The van der Waals surface area contributed by atoms with Crippen molar-refractivity contribution in [3.05, 3.63) is 28.2 Å². The Morgan fingerprint density at radius 1 is 1.20 bits per heavy atom. The van der Waals surface area contributed by atoms with Gasteiger partial charge in [0.1, 0.15) is 4.90 Å². The quantitative estimate of drug-likeness (QED) is 0.912. The number of benzene rings is 1. The van der Waals surface area contributed by atoms with Gasteiger partial charge in [-0.3, -0.25) is 4.79 Å². The predicted molar refractivity (Wildman–Crippen MR) is 77.5 cm³/mol. The molecule has 0 saturated carbocycles. The van der Waals surface area contributed by atoms with Crippen molar-refractivity contribution in [2.45, 2.75) is 17.7 Å². The molecule has 0 aromatic heterocycles. The first-order valence-electron chi connectivity index (χ1n) is 6.13. The lowest BCUT2D eigenvalue weighted by Crippen LogP contribution is -2.38. The van der Waals surface area contributed by atoms with Crippen molar-refractivity contribution in [2.24, 2.45) is 0 Å². The van der Waals surface area contributed by atoms with Gasteiger partial charge in [0.25, 0.3) is 0 Å². The van der Waals surface area contributed by atoms with Crippen LogP contribution in [0.4, 0.5) is 0 Å². The molecule has 0 spiro atoms. The van der Waals surface area contributed by atoms with Crippen LogP contribution >= 0.6 is 23.2 Å². The summed E-state index contributed by atoms with van der Waals surface area (Å²) in [6.45, 7) is 1.06. The van der Waals surface area contributed by atoms with Gasteiger partial charge in [0, 0.05) is 13.1 Å². The minimum atomic E-state index is -3.91. The molecule has 0 atom stereocenters. The van der Waals surface area contributed by atoms with Crippen LogP contribution in [0.25, 0.3) is 0 Å². The molecule has 1 aliphatic rings. The molecule has 1 heterocycles. The number of hydrogen-bond acceptors (Lipinski definition) is 3. The van der Waals surface area contributed by atoms with Crippen LogP contribution in [0.1, 0.15) is 12.8 Å². The predicted octanol–water partition coefficient (Wildman–Crippen LogP) is 1.89. The van der Waals surface area contributed by atoms with E-state index in [1.54, 1.807) is 11.0 Å². The van der Waals surface area contributed by atoms with E-state index in [1.807, 2.05) is 0 Å². The number of amides is 1. The van der Waals surface area contributed by atoms with Crippen LogP contribution in [0.2, 0.25) is 10.0 Å². The van der Waals surface area contributed by atoms with Gasteiger partial charge in [-0.05, 0) is 25.0 Å². The summed E-state index contributed by atoms with van der Waals surface area (Å²) in [6, 6.07) is 4.42. The van der Waals surface area contributed by atoms with E-state index < -0.39 is 10.0 Å². The third-order valence-corrected chi connectivity index (χ3v) is 5.42. The number of carbonyl (C=O) groups is 1. The number of hydrogen-bond donors (Lipinski definition) is 1.